The third-order valence-electron chi connectivity index (χ3n) is 5.38. The lowest BCUT2D eigenvalue weighted by atomic mass is 10.0. The predicted molar refractivity (Wildman–Crippen MR) is 111 cm³/mol. The first kappa shape index (κ1) is 18.5. The molecule has 2 aromatic rings. The molecule has 1 fully saturated rings. The summed E-state index contributed by atoms with van der Waals surface area (Å²) in [7, 11) is 0. The Balaban J connectivity index is 1.38. The molecular weight excluding hydrogens is 354 g/mol. The molecule has 2 aromatic carbocycles. The van der Waals surface area contributed by atoms with Crippen LogP contribution in [0.2, 0.25) is 0 Å². The number of para-hydroxylation sites is 1. The Kier molecular flexibility index (Phi) is 5.28. The number of aryl methyl sites for hydroxylation is 2. The highest BCUT2D eigenvalue weighted by molar-refractivity contribution is 5.90. The van der Waals surface area contributed by atoms with E-state index in [0.717, 1.165) is 30.9 Å². The number of hydrogen-bond donors (Lipinski definition) is 1. The molecule has 6 nitrogen and oxygen atoms in total. The summed E-state index contributed by atoms with van der Waals surface area (Å²) in [5.74, 6) is 1.41. The SMILES string of the molecule is CCc1cccc(C)c1N1CCN(C(=O)Nc2ccc3c(c2)OCCO3)CC1. The first-order valence-corrected chi connectivity index (χ1v) is 9.94. The standard InChI is InChI=1S/C22H27N3O3/c1-3-17-6-4-5-16(2)21(17)24-9-11-25(12-10-24)22(26)23-18-7-8-19-20(15-18)28-14-13-27-19/h4-8,15H,3,9-14H2,1-2H3,(H,23,26). The third-order valence-corrected chi connectivity index (χ3v) is 5.38. The second-order valence-corrected chi connectivity index (χ2v) is 7.20. The first-order valence-electron chi connectivity index (χ1n) is 9.94. The lowest BCUT2D eigenvalue weighted by Gasteiger charge is -2.37. The fourth-order valence-electron chi connectivity index (χ4n) is 3.91. The van der Waals surface area contributed by atoms with Gasteiger partial charge in [0.1, 0.15) is 13.2 Å². The minimum absolute atomic E-state index is 0.0724. The van der Waals surface area contributed by atoms with Gasteiger partial charge in [0.05, 0.1) is 0 Å². The van der Waals surface area contributed by atoms with Gasteiger partial charge in [-0.2, -0.15) is 0 Å². The molecule has 0 saturated carbocycles. The summed E-state index contributed by atoms with van der Waals surface area (Å²) in [6.07, 6.45) is 1.02. The first-order chi connectivity index (χ1) is 13.7. The molecule has 0 spiro atoms. The average Bonchev–Trinajstić information content (AvgIpc) is 2.73. The van der Waals surface area contributed by atoms with Gasteiger partial charge in [-0.05, 0) is 36.6 Å². The molecule has 2 aliphatic heterocycles. The van der Waals surface area contributed by atoms with Gasteiger partial charge in [-0.1, -0.05) is 25.1 Å². The number of rotatable bonds is 3. The van der Waals surface area contributed by atoms with Crippen molar-refractivity contribution in [2.24, 2.45) is 0 Å². The van der Waals surface area contributed by atoms with Crippen molar-refractivity contribution in [3.05, 3.63) is 47.5 Å². The highest BCUT2D eigenvalue weighted by Crippen LogP contribution is 2.33. The number of nitrogens with zero attached hydrogens (tertiary/aromatic N) is 2. The number of ether oxygens (including phenoxy) is 2. The molecule has 2 amide bonds. The molecule has 0 aliphatic carbocycles. The maximum absolute atomic E-state index is 12.7. The molecule has 0 aromatic heterocycles. The van der Waals surface area contributed by atoms with E-state index in [4.69, 9.17) is 9.47 Å². The van der Waals surface area contributed by atoms with Crippen LogP contribution >= 0.6 is 0 Å². The van der Waals surface area contributed by atoms with Crippen molar-refractivity contribution in [3.8, 4) is 11.5 Å². The predicted octanol–water partition coefficient (Wildman–Crippen LogP) is 3.68. The van der Waals surface area contributed by atoms with Crippen molar-refractivity contribution >= 4 is 17.4 Å². The van der Waals surface area contributed by atoms with E-state index in [9.17, 15) is 4.79 Å². The fourth-order valence-corrected chi connectivity index (χ4v) is 3.91. The summed E-state index contributed by atoms with van der Waals surface area (Å²) < 4.78 is 11.1. The Bertz CT molecular complexity index is 860. The lowest BCUT2D eigenvalue weighted by Crippen LogP contribution is -2.50. The Morgan fingerprint density at radius 1 is 1.04 bits per heavy atom. The van der Waals surface area contributed by atoms with Gasteiger partial charge < -0.3 is 24.6 Å². The molecule has 28 heavy (non-hydrogen) atoms. The Hall–Kier alpha value is -2.89. The number of piperazine rings is 1. The van der Waals surface area contributed by atoms with Gasteiger partial charge in [-0.15, -0.1) is 0 Å². The molecule has 2 aliphatic rings. The largest absolute Gasteiger partial charge is 0.486 e. The van der Waals surface area contributed by atoms with Crippen molar-refractivity contribution < 1.29 is 14.3 Å². The number of amides is 2. The monoisotopic (exact) mass is 381 g/mol. The van der Waals surface area contributed by atoms with Crippen LogP contribution in [0.3, 0.4) is 0 Å². The van der Waals surface area contributed by atoms with Gasteiger partial charge in [-0.25, -0.2) is 4.79 Å². The molecule has 0 unspecified atom stereocenters. The molecule has 2 heterocycles. The minimum atomic E-state index is -0.0724. The van der Waals surface area contributed by atoms with Crippen molar-refractivity contribution in [3.63, 3.8) is 0 Å². The van der Waals surface area contributed by atoms with E-state index in [1.807, 2.05) is 23.1 Å². The van der Waals surface area contributed by atoms with E-state index in [1.165, 1.54) is 16.8 Å². The Morgan fingerprint density at radius 2 is 1.79 bits per heavy atom. The Labute approximate surface area is 166 Å². The molecule has 0 bridgehead atoms. The lowest BCUT2D eigenvalue weighted by molar-refractivity contribution is 0.171. The number of anilines is 2. The molecular formula is C22H27N3O3. The maximum Gasteiger partial charge on any atom is 0.321 e. The summed E-state index contributed by atoms with van der Waals surface area (Å²) >= 11 is 0. The molecule has 1 N–H and O–H groups in total. The van der Waals surface area contributed by atoms with Gasteiger partial charge in [0, 0.05) is 43.6 Å². The number of fused-ring (bicyclic) bond motifs is 1. The maximum atomic E-state index is 12.7. The number of nitrogens with one attached hydrogen (secondary N) is 1. The molecule has 0 atom stereocenters. The number of hydrogen-bond acceptors (Lipinski definition) is 4. The fraction of sp³-hybridized carbons (Fsp3) is 0.409. The molecule has 148 valence electrons. The van der Waals surface area contributed by atoms with Crippen molar-refractivity contribution in [1.29, 1.82) is 0 Å². The highest BCUT2D eigenvalue weighted by atomic mass is 16.6. The molecule has 1 saturated heterocycles. The summed E-state index contributed by atoms with van der Waals surface area (Å²) in [6.45, 7) is 8.53. The van der Waals surface area contributed by atoms with Crippen LogP contribution in [0.1, 0.15) is 18.1 Å². The summed E-state index contributed by atoms with van der Waals surface area (Å²) in [6, 6.07) is 11.9. The van der Waals surface area contributed by atoms with Crippen LogP contribution in [-0.4, -0.2) is 50.3 Å². The van der Waals surface area contributed by atoms with Crippen LogP contribution in [0.25, 0.3) is 0 Å². The van der Waals surface area contributed by atoms with Crippen molar-refractivity contribution in [2.75, 3.05) is 49.6 Å². The zero-order valence-electron chi connectivity index (χ0n) is 16.5. The number of carbonyl (C=O) groups is 1. The quantitative estimate of drug-likeness (QED) is 0.881. The van der Waals surface area contributed by atoms with Gasteiger partial charge in [0.25, 0.3) is 0 Å². The van der Waals surface area contributed by atoms with Crippen LogP contribution in [0, 0.1) is 6.92 Å². The number of benzene rings is 2. The number of urea groups is 1. The molecule has 6 heteroatoms. The summed E-state index contributed by atoms with van der Waals surface area (Å²) in [5.41, 5.74) is 4.73. The van der Waals surface area contributed by atoms with Gasteiger partial charge in [0.2, 0.25) is 0 Å². The second kappa shape index (κ2) is 8.00. The minimum Gasteiger partial charge on any atom is -0.486 e. The zero-order valence-corrected chi connectivity index (χ0v) is 16.5. The van der Waals surface area contributed by atoms with E-state index >= 15 is 0 Å². The van der Waals surface area contributed by atoms with Gasteiger partial charge in [-0.3, -0.25) is 0 Å². The van der Waals surface area contributed by atoms with Crippen LogP contribution in [0.15, 0.2) is 36.4 Å². The van der Waals surface area contributed by atoms with Crippen molar-refractivity contribution in [1.82, 2.24) is 4.90 Å². The normalized spacial score (nSPS) is 16.1. The van der Waals surface area contributed by atoms with E-state index < -0.39 is 0 Å². The highest BCUT2D eigenvalue weighted by Gasteiger charge is 2.23. The number of carbonyl (C=O) groups excluding carboxylic acids is 1. The third kappa shape index (κ3) is 3.72. The van der Waals surface area contributed by atoms with Crippen molar-refractivity contribution in [2.45, 2.75) is 20.3 Å². The molecule has 4 rings (SSSR count). The zero-order chi connectivity index (χ0) is 19.5. The smallest absolute Gasteiger partial charge is 0.321 e. The van der Waals surface area contributed by atoms with Crippen LogP contribution in [0.5, 0.6) is 11.5 Å². The van der Waals surface area contributed by atoms with Crippen LogP contribution in [-0.2, 0) is 6.42 Å². The summed E-state index contributed by atoms with van der Waals surface area (Å²) in [5, 5.41) is 2.98. The topological polar surface area (TPSA) is 54.0 Å². The van der Waals surface area contributed by atoms with E-state index in [1.54, 1.807) is 0 Å². The van der Waals surface area contributed by atoms with Crippen LogP contribution < -0.4 is 19.7 Å². The second-order valence-electron chi connectivity index (χ2n) is 7.20. The van der Waals surface area contributed by atoms with Crippen LogP contribution in [0.4, 0.5) is 16.2 Å². The van der Waals surface area contributed by atoms with Gasteiger partial charge in [0.15, 0.2) is 11.5 Å². The van der Waals surface area contributed by atoms with Gasteiger partial charge >= 0.3 is 6.03 Å². The summed E-state index contributed by atoms with van der Waals surface area (Å²) in [4.78, 5) is 17.0. The average molecular weight is 381 g/mol. The Morgan fingerprint density at radius 3 is 2.54 bits per heavy atom. The van der Waals surface area contributed by atoms with E-state index in [2.05, 4.69) is 42.3 Å². The van der Waals surface area contributed by atoms with E-state index in [-0.39, 0.29) is 6.03 Å². The molecule has 0 radical (unpaired) electrons. The van der Waals surface area contributed by atoms with E-state index in [0.29, 0.717) is 32.1 Å².